The predicted octanol–water partition coefficient (Wildman–Crippen LogP) is -0.649. The van der Waals surface area contributed by atoms with Crippen molar-refractivity contribution >= 4 is 11.8 Å². The maximum Gasteiger partial charge on any atom is 0.359 e. The van der Waals surface area contributed by atoms with Gasteiger partial charge in [0.2, 0.25) is 0 Å². The molecule has 0 unspecified atom stereocenters. The Morgan fingerprint density at radius 2 is 2.50 bits per heavy atom. The summed E-state index contributed by atoms with van der Waals surface area (Å²) < 4.78 is 1.75. The van der Waals surface area contributed by atoms with Gasteiger partial charge in [0.1, 0.15) is 5.10 Å². The Balaban J connectivity index is 2.92. The molecule has 0 atom stereocenters. The number of tetrazole rings is 1. The van der Waals surface area contributed by atoms with E-state index in [1.165, 1.54) is 0 Å². The standard InChI is InChI=1S/C3H6N4S/c1-7-3(8-2)4-5-6-7/h1-2H3/p+1. The molecule has 4 nitrogen and oxygen atoms in total. The van der Waals surface area contributed by atoms with Crippen LogP contribution in [0.1, 0.15) is 0 Å². The molecule has 0 bridgehead atoms. The minimum absolute atomic E-state index is 0.894. The number of nitrogens with one attached hydrogen (secondary N) is 1. The highest BCUT2D eigenvalue weighted by Crippen LogP contribution is 1.99. The van der Waals surface area contributed by atoms with E-state index in [2.05, 4.69) is 15.5 Å². The third kappa shape index (κ3) is 0.812. The summed E-state index contributed by atoms with van der Waals surface area (Å²) >= 11 is 1.56. The molecule has 0 aliphatic carbocycles. The van der Waals surface area contributed by atoms with Gasteiger partial charge in [0, 0.05) is 0 Å². The van der Waals surface area contributed by atoms with E-state index in [1.54, 1.807) is 16.4 Å². The lowest BCUT2D eigenvalue weighted by atomic mass is 11.2. The Morgan fingerprint density at radius 3 is 2.75 bits per heavy atom. The Hall–Kier alpha value is -0.580. The second-order valence-electron chi connectivity index (χ2n) is 1.35. The van der Waals surface area contributed by atoms with Crippen LogP contribution in [0, 0.1) is 0 Å². The summed E-state index contributed by atoms with van der Waals surface area (Å²) in [6, 6.07) is 0. The van der Waals surface area contributed by atoms with Crippen molar-refractivity contribution in [2.45, 2.75) is 5.16 Å². The van der Waals surface area contributed by atoms with Crippen LogP contribution < -0.4 is 4.68 Å². The topological polar surface area (TPSA) is 45.5 Å². The number of aryl methyl sites for hydroxylation is 1. The van der Waals surface area contributed by atoms with Gasteiger partial charge in [0.25, 0.3) is 0 Å². The largest absolute Gasteiger partial charge is 0.359 e. The Kier molecular flexibility index (Phi) is 1.48. The smallest absolute Gasteiger partial charge is 0.156 e. The van der Waals surface area contributed by atoms with Gasteiger partial charge in [-0.1, -0.05) is 17.0 Å². The van der Waals surface area contributed by atoms with Gasteiger partial charge in [-0.15, -0.1) is 0 Å². The van der Waals surface area contributed by atoms with Crippen molar-refractivity contribution in [1.82, 2.24) is 15.5 Å². The highest BCUT2D eigenvalue weighted by Gasteiger charge is 2.05. The van der Waals surface area contributed by atoms with E-state index in [9.17, 15) is 0 Å². The summed E-state index contributed by atoms with van der Waals surface area (Å²) in [4.78, 5) is 0. The van der Waals surface area contributed by atoms with Crippen LogP contribution >= 0.6 is 11.8 Å². The van der Waals surface area contributed by atoms with Crippen molar-refractivity contribution in [1.29, 1.82) is 0 Å². The molecule has 0 aliphatic heterocycles. The number of hydrogen-bond acceptors (Lipinski definition) is 3. The molecule has 0 aliphatic rings. The average molecular weight is 131 g/mol. The summed E-state index contributed by atoms with van der Waals surface area (Å²) in [5.74, 6) is 0. The number of aromatic nitrogens is 4. The molecule has 1 N–H and O–H groups in total. The van der Waals surface area contributed by atoms with Gasteiger partial charge in [-0.2, -0.15) is 4.68 Å². The predicted molar refractivity (Wildman–Crippen MR) is 29.3 cm³/mol. The molecule has 0 radical (unpaired) electrons. The van der Waals surface area contributed by atoms with E-state index in [0.717, 1.165) is 5.16 Å². The van der Waals surface area contributed by atoms with E-state index in [1.807, 2.05) is 13.3 Å². The van der Waals surface area contributed by atoms with Crippen molar-refractivity contribution in [2.24, 2.45) is 7.05 Å². The van der Waals surface area contributed by atoms with Crippen molar-refractivity contribution in [3.8, 4) is 0 Å². The van der Waals surface area contributed by atoms with Gasteiger partial charge in [0.05, 0.1) is 7.05 Å². The minimum Gasteiger partial charge on any atom is -0.156 e. The zero-order valence-electron chi connectivity index (χ0n) is 4.75. The van der Waals surface area contributed by atoms with E-state index in [0.29, 0.717) is 0 Å². The molecular weight excluding hydrogens is 124 g/mol. The highest BCUT2D eigenvalue weighted by molar-refractivity contribution is 7.98. The first kappa shape index (κ1) is 5.55. The van der Waals surface area contributed by atoms with Crippen LogP contribution in [0.2, 0.25) is 0 Å². The van der Waals surface area contributed by atoms with E-state index >= 15 is 0 Å². The lowest BCUT2D eigenvalue weighted by Gasteiger charge is -1.79. The van der Waals surface area contributed by atoms with Crippen LogP contribution in [-0.2, 0) is 7.05 Å². The number of nitrogens with zero attached hydrogens (tertiary/aromatic N) is 3. The summed E-state index contributed by atoms with van der Waals surface area (Å²) in [6.45, 7) is 0. The molecular formula is C3H7N4S+. The Labute approximate surface area is 51.3 Å². The molecule has 0 aromatic carbocycles. The maximum absolute atomic E-state index is 3.75. The third-order valence-electron chi connectivity index (χ3n) is 0.800. The van der Waals surface area contributed by atoms with Gasteiger partial charge in [-0.3, -0.25) is 0 Å². The molecule has 8 heavy (non-hydrogen) atoms. The second-order valence-corrected chi connectivity index (χ2v) is 2.12. The van der Waals surface area contributed by atoms with E-state index in [-0.39, 0.29) is 0 Å². The van der Waals surface area contributed by atoms with E-state index < -0.39 is 0 Å². The van der Waals surface area contributed by atoms with Crippen LogP contribution in [0.15, 0.2) is 5.16 Å². The van der Waals surface area contributed by atoms with Crippen LogP contribution in [0.4, 0.5) is 0 Å². The summed E-state index contributed by atoms with van der Waals surface area (Å²) in [5.41, 5.74) is 0. The number of aromatic amines is 1. The summed E-state index contributed by atoms with van der Waals surface area (Å²) in [6.07, 6.45) is 1.96. The highest BCUT2D eigenvalue weighted by atomic mass is 32.2. The van der Waals surface area contributed by atoms with Crippen LogP contribution in [-0.4, -0.2) is 21.8 Å². The number of hydrogen-bond donors (Lipinski definition) is 1. The van der Waals surface area contributed by atoms with Crippen LogP contribution in [0.25, 0.3) is 0 Å². The summed E-state index contributed by atoms with van der Waals surface area (Å²) in [7, 11) is 1.87. The van der Waals surface area contributed by atoms with Crippen molar-refractivity contribution in [3.05, 3.63) is 0 Å². The van der Waals surface area contributed by atoms with E-state index in [4.69, 9.17) is 0 Å². The second kappa shape index (κ2) is 2.13. The lowest BCUT2D eigenvalue weighted by Crippen LogP contribution is -2.32. The third-order valence-corrected chi connectivity index (χ3v) is 1.52. The van der Waals surface area contributed by atoms with Crippen molar-refractivity contribution in [3.63, 3.8) is 0 Å². The van der Waals surface area contributed by atoms with Crippen molar-refractivity contribution < 1.29 is 4.68 Å². The van der Waals surface area contributed by atoms with Crippen LogP contribution in [0.5, 0.6) is 0 Å². The SMILES string of the molecule is CSc1nn[nH][n+]1C. The monoisotopic (exact) mass is 131 g/mol. The fourth-order valence-corrected chi connectivity index (χ4v) is 0.857. The number of H-pyrrole nitrogens is 1. The zero-order chi connectivity index (χ0) is 5.98. The van der Waals surface area contributed by atoms with Gasteiger partial charge >= 0.3 is 5.16 Å². The fraction of sp³-hybridized carbons (Fsp3) is 0.667. The molecule has 1 aromatic heterocycles. The first-order valence-corrected chi connectivity index (χ1v) is 3.38. The maximum atomic E-state index is 3.75. The molecule has 44 valence electrons. The summed E-state index contributed by atoms with van der Waals surface area (Å²) in [5, 5.41) is 10.9. The lowest BCUT2D eigenvalue weighted by molar-refractivity contribution is -0.765. The minimum atomic E-state index is 0.894. The zero-order valence-corrected chi connectivity index (χ0v) is 5.57. The fourth-order valence-electron chi connectivity index (χ4n) is 0.420. The Morgan fingerprint density at radius 1 is 1.75 bits per heavy atom. The molecule has 0 spiro atoms. The van der Waals surface area contributed by atoms with Gasteiger partial charge in [-0.25, -0.2) is 0 Å². The number of rotatable bonds is 1. The quantitative estimate of drug-likeness (QED) is 0.407. The number of thioether (sulfide) groups is 1. The van der Waals surface area contributed by atoms with Gasteiger partial charge in [0.15, 0.2) is 5.21 Å². The van der Waals surface area contributed by atoms with Gasteiger partial charge in [-0.05, 0) is 6.26 Å². The van der Waals surface area contributed by atoms with Gasteiger partial charge < -0.3 is 0 Å². The molecule has 0 saturated heterocycles. The first-order chi connectivity index (χ1) is 3.84. The molecule has 0 amide bonds. The molecule has 0 fully saturated rings. The normalized spacial score (nSPS) is 9.75. The molecule has 0 saturated carbocycles. The molecule has 1 heterocycles. The molecule has 1 rings (SSSR count). The molecule has 1 aromatic rings. The Bertz CT molecular complexity index is 172. The average Bonchev–Trinajstić information content (AvgIpc) is 2.14. The van der Waals surface area contributed by atoms with Crippen molar-refractivity contribution in [2.75, 3.05) is 6.26 Å². The first-order valence-electron chi connectivity index (χ1n) is 2.15. The molecule has 5 heteroatoms. The van der Waals surface area contributed by atoms with Crippen LogP contribution in [0.3, 0.4) is 0 Å².